The van der Waals surface area contributed by atoms with Gasteiger partial charge < -0.3 is 9.32 Å². The van der Waals surface area contributed by atoms with Gasteiger partial charge in [0.2, 0.25) is 0 Å². The first-order valence-corrected chi connectivity index (χ1v) is 21.2. The Morgan fingerprint density at radius 2 is 0.694 bits per heavy atom. The summed E-state index contributed by atoms with van der Waals surface area (Å²) in [6, 6.07) is 89.3. The zero-order valence-electron chi connectivity index (χ0n) is 34.0. The number of furan rings is 1. The van der Waals surface area contributed by atoms with Crippen molar-refractivity contribution in [3.63, 3.8) is 0 Å². The fraction of sp³-hybridized carbons (Fsp3) is 0. The molecule has 0 radical (unpaired) electrons. The van der Waals surface area contributed by atoms with E-state index in [2.05, 4.69) is 241 Å². The van der Waals surface area contributed by atoms with E-state index in [4.69, 9.17) is 4.42 Å². The summed E-state index contributed by atoms with van der Waals surface area (Å²) in [7, 11) is 0. The number of fused-ring (bicyclic) bond motifs is 3. The van der Waals surface area contributed by atoms with Crippen LogP contribution in [0.15, 0.2) is 253 Å². The smallest absolute Gasteiger partial charge is 0.135 e. The van der Waals surface area contributed by atoms with Gasteiger partial charge in [-0.05, 0) is 116 Å². The predicted molar refractivity (Wildman–Crippen MR) is 261 cm³/mol. The highest BCUT2D eigenvalue weighted by Crippen LogP contribution is 2.47. The fourth-order valence-corrected chi connectivity index (χ4v) is 8.91. The van der Waals surface area contributed by atoms with Gasteiger partial charge in [-0.1, -0.05) is 194 Å². The molecule has 0 saturated carbocycles. The second kappa shape index (κ2) is 16.1. The van der Waals surface area contributed by atoms with E-state index in [-0.39, 0.29) is 0 Å². The van der Waals surface area contributed by atoms with Crippen molar-refractivity contribution in [2.45, 2.75) is 0 Å². The zero-order valence-corrected chi connectivity index (χ0v) is 34.0. The van der Waals surface area contributed by atoms with Crippen molar-refractivity contribution in [1.29, 1.82) is 0 Å². The van der Waals surface area contributed by atoms with Crippen molar-refractivity contribution >= 4 is 39.0 Å². The molecular weight excluding hydrogens is 751 g/mol. The van der Waals surface area contributed by atoms with Crippen LogP contribution < -0.4 is 4.90 Å². The monoisotopic (exact) mass is 791 g/mol. The minimum Gasteiger partial charge on any atom is -0.456 e. The number of benzene rings is 10. The molecule has 0 saturated heterocycles. The van der Waals surface area contributed by atoms with E-state index in [1.54, 1.807) is 0 Å². The molecule has 62 heavy (non-hydrogen) atoms. The molecule has 1 heterocycles. The molecule has 1 aromatic heterocycles. The Balaban J connectivity index is 1.11. The maximum Gasteiger partial charge on any atom is 0.135 e. The molecule has 0 aliphatic heterocycles. The summed E-state index contributed by atoms with van der Waals surface area (Å²) < 4.78 is 6.18. The van der Waals surface area contributed by atoms with Crippen molar-refractivity contribution in [2.75, 3.05) is 4.90 Å². The third-order valence-electron chi connectivity index (χ3n) is 11.9. The lowest BCUT2D eigenvalue weighted by atomic mass is 9.88. The first-order valence-electron chi connectivity index (χ1n) is 21.2. The SMILES string of the molecule is c1ccc(-c2cc(-c3ccccc3)cc(N(c3ccc(-c4ccc5oc6ccccc6c5c4)cc3)c3ccccc3-c3ccccc3-c3ccccc3-c3ccccc3)c2)cc1. The molecule has 0 bridgehead atoms. The third-order valence-corrected chi connectivity index (χ3v) is 11.9. The van der Waals surface area contributed by atoms with Crippen LogP contribution in [0.1, 0.15) is 0 Å². The summed E-state index contributed by atoms with van der Waals surface area (Å²) >= 11 is 0. The average Bonchev–Trinajstić information content (AvgIpc) is 3.73. The van der Waals surface area contributed by atoms with Crippen molar-refractivity contribution in [1.82, 2.24) is 0 Å². The lowest BCUT2D eigenvalue weighted by molar-refractivity contribution is 0.669. The minimum atomic E-state index is 0.897. The molecule has 0 spiro atoms. The van der Waals surface area contributed by atoms with Gasteiger partial charge in [-0.3, -0.25) is 0 Å². The second-order valence-electron chi connectivity index (χ2n) is 15.7. The Bertz CT molecular complexity index is 3270. The van der Waals surface area contributed by atoms with Gasteiger partial charge in [0.05, 0.1) is 5.69 Å². The van der Waals surface area contributed by atoms with Gasteiger partial charge in [0.1, 0.15) is 11.2 Å². The van der Waals surface area contributed by atoms with E-state index in [0.29, 0.717) is 0 Å². The topological polar surface area (TPSA) is 16.4 Å². The maximum absolute atomic E-state index is 6.18. The van der Waals surface area contributed by atoms with E-state index < -0.39 is 0 Å². The molecule has 11 aromatic rings. The largest absolute Gasteiger partial charge is 0.456 e. The normalized spacial score (nSPS) is 11.2. The Labute approximate surface area is 362 Å². The first kappa shape index (κ1) is 36.8. The van der Waals surface area contributed by atoms with Gasteiger partial charge in [0, 0.05) is 27.7 Å². The third kappa shape index (κ3) is 6.94. The summed E-state index contributed by atoms with van der Waals surface area (Å²) in [5.41, 5.74) is 19.0. The molecule has 292 valence electrons. The van der Waals surface area contributed by atoms with Gasteiger partial charge in [-0.2, -0.15) is 0 Å². The van der Waals surface area contributed by atoms with Crippen molar-refractivity contribution in [3.05, 3.63) is 249 Å². The highest BCUT2D eigenvalue weighted by Gasteiger charge is 2.22. The lowest BCUT2D eigenvalue weighted by Crippen LogP contribution is -2.12. The Morgan fingerprint density at radius 1 is 0.242 bits per heavy atom. The summed E-state index contributed by atoms with van der Waals surface area (Å²) in [5, 5.41) is 2.25. The van der Waals surface area contributed by atoms with Gasteiger partial charge in [-0.15, -0.1) is 0 Å². The van der Waals surface area contributed by atoms with Gasteiger partial charge in [0.25, 0.3) is 0 Å². The molecule has 0 aliphatic carbocycles. The number of nitrogens with zero attached hydrogens (tertiary/aromatic N) is 1. The number of para-hydroxylation sites is 2. The summed E-state index contributed by atoms with van der Waals surface area (Å²) in [6.07, 6.45) is 0. The van der Waals surface area contributed by atoms with Crippen LogP contribution >= 0.6 is 0 Å². The van der Waals surface area contributed by atoms with Crippen molar-refractivity contribution in [3.8, 4) is 66.8 Å². The molecule has 0 amide bonds. The van der Waals surface area contributed by atoms with E-state index in [9.17, 15) is 0 Å². The van der Waals surface area contributed by atoms with Crippen LogP contribution in [-0.4, -0.2) is 0 Å². The molecule has 11 rings (SSSR count). The molecule has 0 fully saturated rings. The van der Waals surface area contributed by atoms with Gasteiger partial charge in [-0.25, -0.2) is 0 Å². The summed E-state index contributed by atoms with van der Waals surface area (Å²) in [4.78, 5) is 2.44. The molecule has 0 atom stereocenters. The fourth-order valence-electron chi connectivity index (χ4n) is 8.91. The van der Waals surface area contributed by atoms with E-state index >= 15 is 0 Å². The molecular formula is C60H41NO. The van der Waals surface area contributed by atoms with Crippen molar-refractivity contribution < 1.29 is 4.42 Å². The summed E-state index contributed by atoms with van der Waals surface area (Å²) in [6.45, 7) is 0. The molecule has 0 aliphatic rings. The Hall–Kier alpha value is -8.20. The second-order valence-corrected chi connectivity index (χ2v) is 15.7. The van der Waals surface area contributed by atoms with E-state index in [0.717, 1.165) is 72.4 Å². The van der Waals surface area contributed by atoms with Crippen LogP contribution in [0.5, 0.6) is 0 Å². The highest BCUT2D eigenvalue weighted by molar-refractivity contribution is 6.06. The molecule has 0 unspecified atom stereocenters. The minimum absolute atomic E-state index is 0.897. The molecule has 10 aromatic carbocycles. The Morgan fingerprint density at radius 3 is 1.34 bits per heavy atom. The van der Waals surface area contributed by atoms with E-state index in [1.165, 1.54) is 33.4 Å². The first-order chi connectivity index (χ1) is 30.7. The number of rotatable bonds is 9. The summed E-state index contributed by atoms with van der Waals surface area (Å²) in [5.74, 6) is 0. The van der Waals surface area contributed by atoms with Crippen LogP contribution in [0.3, 0.4) is 0 Å². The van der Waals surface area contributed by atoms with Crippen LogP contribution in [0.2, 0.25) is 0 Å². The average molecular weight is 792 g/mol. The van der Waals surface area contributed by atoms with E-state index in [1.807, 2.05) is 12.1 Å². The lowest BCUT2D eigenvalue weighted by Gasteiger charge is -2.29. The zero-order chi connectivity index (χ0) is 41.2. The number of hydrogen-bond donors (Lipinski definition) is 0. The quantitative estimate of drug-likeness (QED) is 0.145. The highest BCUT2D eigenvalue weighted by atomic mass is 16.3. The molecule has 0 N–H and O–H groups in total. The molecule has 2 heteroatoms. The van der Waals surface area contributed by atoms with Crippen LogP contribution in [-0.2, 0) is 0 Å². The van der Waals surface area contributed by atoms with Gasteiger partial charge in [0.15, 0.2) is 0 Å². The van der Waals surface area contributed by atoms with Gasteiger partial charge >= 0.3 is 0 Å². The molecule has 2 nitrogen and oxygen atoms in total. The standard InChI is InChI=1S/C60H41NO/c1-4-18-42(19-5-1)47-38-48(43-20-6-2-7-21-43)40-50(39-47)61(49-35-32-44(33-36-49)46-34-37-60-57(41-46)56-29-15-17-31-59(56)62-60)58-30-16-14-28-55(58)54-27-13-12-26-53(54)52-25-11-10-24-51(52)45-22-8-3-9-23-45/h1-41H. The predicted octanol–water partition coefficient (Wildman–Crippen LogP) is 17.1. The van der Waals surface area contributed by atoms with Crippen LogP contribution in [0.25, 0.3) is 88.7 Å². The number of anilines is 3. The van der Waals surface area contributed by atoms with Crippen molar-refractivity contribution in [2.24, 2.45) is 0 Å². The maximum atomic E-state index is 6.18. The Kier molecular flexibility index (Phi) is 9.57. The number of hydrogen-bond acceptors (Lipinski definition) is 2. The van der Waals surface area contributed by atoms with Crippen LogP contribution in [0.4, 0.5) is 17.1 Å². The van der Waals surface area contributed by atoms with Crippen LogP contribution in [0, 0.1) is 0 Å².